The van der Waals surface area contributed by atoms with Crippen LogP contribution in [0.5, 0.6) is 0 Å². The fourth-order valence-corrected chi connectivity index (χ4v) is 5.45. The van der Waals surface area contributed by atoms with Gasteiger partial charge in [0.25, 0.3) is 0 Å². The van der Waals surface area contributed by atoms with Crippen molar-refractivity contribution in [2.24, 2.45) is 0 Å². The standard InChI is InChI=1S/C26H30N2O/c1-18(29)20-12-13-23-24(16-20)28-15-14-27(2)17-21-10-6-7-11-22(21)26(28)25(23)19-8-4-3-5-9-19/h6-7,10-13,16,19H,3-5,8-9,14-15,17H2,1-2H3. The topological polar surface area (TPSA) is 25.2 Å². The number of nitrogens with zero attached hydrogens (tertiary/aromatic N) is 2. The van der Waals surface area contributed by atoms with Crippen LogP contribution in [0.4, 0.5) is 0 Å². The predicted molar refractivity (Wildman–Crippen MR) is 120 cm³/mol. The molecule has 0 radical (unpaired) electrons. The maximum Gasteiger partial charge on any atom is 0.159 e. The maximum atomic E-state index is 12.1. The van der Waals surface area contributed by atoms with Crippen LogP contribution in [0.3, 0.4) is 0 Å². The van der Waals surface area contributed by atoms with Crippen LogP contribution in [0.25, 0.3) is 22.2 Å². The van der Waals surface area contributed by atoms with E-state index in [1.807, 2.05) is 6.07 Å². The van der Waals surface area contributed by atoms with Crippen molar-refractivity contribution in [2.75, 3.05) is 13.6 Å². The molecule has 3 nitrogen and oxygen atoms in total. The lowest BCUT2D eigenvalue weighted by molar-refractivity contribution is 0.101. The lowest BCUT2D eigenvalue weighted by Crippen LogP contribution is -2.25. The second-order valence-electron chi connectivity index (χ2n) is 8.93. The fraction of sp³-hybridized carbons (Fsp3) is 0.423. The number of carbonyl (C=O) groups is 1. The fourth-order valence-electron chi connectivity index (χ4n) is 5.45. The quantitative estimate of drug-likeness (QED) is 0.504. The lowest BCUT2D eigenvalue weighted by Gasteiger charge is -2.27. The summed E-state index contributed by atoms with van der Waals surface area (Å²) in [5.74, 6) is 0.765. The van der Waals surface area contributed by atoms with E-state index in [2.05, 4.69) is 52.9 Å². The van der Waals surface area contributed by atoms with Crippen LogP contribution in [0.1, 0.15) is 66.4 Å². The molecule has 0 saturated heterocycles. The van der Waals surface area contributed by atoms with Crippen LogP contribution in [-0.2, 0) is 13.1 Å². The molecule has 1 fully saturated rings. The van der Waals surface area contributed by atoms with E-state index in [9.17, 15) is 4.79 Å². The third kappa shape index (κ3) is 3.22. The van der Waals surface area contributed by atoms with Gasteiger partial charge in [0.15, 0.2) is 5.78 Å². The molecule has 1 aliphatic heterocycles. The van der Waals surface area contributed by atoms with Gasteiger partial charge in [-0.1, -0.05) is 55.7 Å². The van der Waals surface area contributed by atoms with Crippen LogP contribution in [0, 0.1) is 0 Å². The maximum absolute atomic E-state index is 12.1. The summed E-state index contributed by atoms with van der Waals surface area (Å²) >= 11 is 0. The molecule has 29 heavy (non-hydrogen) atoms. The van der Waals surface area contributed by atoms with Crippen LogP contribution in [0.2, 0.25) is 0 Å². The summed E-state index contributed by atoms with van der Waals surface area (Å²) in [6.07, 6.45) is 6.57. The minimum atomic E-state index is 0.144. The molecule has 1 aliphatic carbocycles. The average Bonchev–Trinajstić information content (AvgIpc) is 3.05. The van der Waals surface area contributed by atoms with E-state index in [-0.39, 0.29) is 5.78 Å². The van der Waals surface area contributed by atoms with Gasteiger partial charge in [0.2, 0.25) is 0 Å². The Morgan fingerprint density at radius 1 is 1.00 bits per heavy atom. The second kappa shape index (κ2) is 7.46. The van der Waals surface area contributed by atoms with Crippen LogP contribution >= 0.6 is 0 Å². The molecule has 2 aromatic carbocycles. The number of hydrogen-bond acceptors (Lipinski definition) is 2. The molecule has 2 aliphatic rings. The van der Waals surface area contributed by atoms with E-state index in [0.717, 1.165) is 25.2 Å². The molecule has 0 amide bonds. The number of Topliss-reactive ketones (excluding diaryl/α,β-unsaturated/α-hetero) is 1. The van der Waals surface area contributed by atoms with Gasteiger partial charge >= 0.3 is 0 Å². The van der Waals surface area contributed by atoms with E-state index in [4.69, 9.17) is 0 Å². The molecule has 5 rings (SSSR count). The van der Waals surface area contributed by atoms with Crippen molar-refractivity contribution in [2.45, 2.75) is 58.0 Å². The van der Waals surface area contributed by atoms with Gasteiger partial charge in [-0.3, -0.25) is 4.79 Å². The molecular formula is C26H30N2O. The first-order valence-corrected chi connectivity index (χ1v) is 11.1. The SMILES string of the molecule is CC(=O)c1ccc2c(C3CCCCC3)c3n(c2c1)CCN(C)Cc1ccccc1-3. The van der Waals surface area contributed by atoms with Crippen molar-refractivity contribution in [1.29, 1.82) is 0 Å². The van der Waals surface area contributed by atoms with Gasteiger partial charge in [-0.25, -0.2) is 0 Å². The largest absolute Gasteiger partial charge is 0.339 e. The number of fused-ring (bicyclic) bond motifs is 5. The van der Waals surface area contributed by atoms with E-state index >= 15 is 0 Å². The summed E-state index contributed by atoms with van der Waals surface area (Å²) in [5, 5.41) is 1.36. The monoisotopic (exact) mass is 386 g/mol. The summed E-state index contributed by atoms with van der Waals surface area (Å²) < 4.78 is 2.51. The molecule has 0 N–H and O–H groups in total. The van der Waals surface area contributed by atoms with Crippen molar-refractivity contribution >= 4 is 16.7 Å². The van der Waals surface area contributed by atoms with Gasteiger partial charge in [-0.05, 0) is 49.9 Å². The van der Waals surface area contributed by atoms with Crippen LogP contribution in [0.15, 0.2) is 42.5 Å². The Kier molecular flexibility index (Phi) is 4.79. The highest BCUT2D eigenvalue weighted by molar-refractivity contribution is 6.01. The van der Waals surface area contributed by atoms with Crippen LogP contribution < -0.4 is 0 Å². The number of carbonyl (C=O) groups excluding carboxylic acids is 1. The molecule has 0 atom stereocenters. The van der Waals surface area contributed by atoms with Gasteiger partial charge in [0, 0.05) is 41.7 Å². The third-order valence-corrected chi connectivity index (χ3v) is 6.94. The molecule has 0 unspecified atom stereocenters. The first-order chi connectivity index (χ1) is 14.1. The summed E-state index contributed by atoms with van der Waals surface area (Å²) in [6, 6.07) is 15.3. The van der Waals surface area contributed by atoms with Crippen molar-refractivity contribution in [3.63, 3.8) is 0 Å². The molecule has 3 heteroatoms. The summed E-state index contributed by atoms with van der Waals surface area (Å²) in [7, 11) is 2.20. The van der Waals surface area contributed by atoms with Gasteiger partial charge in [-0.2, -0.15) is 0 Å². The molecule has 150 valence electrons. The highest BCUT2D eigenvalue weighted by atomic mass is 16.1. The number of ketones is 1. The number of likely N-dealkylation sites (N-methyl/N-ethyl adjacent to an activating group) is 1. The zero-order chi connectivity index (χ0) is 20.0. The Balaban J connectivity index is 1.84. The van der Waals surface area contributed by atoms with Crippen molar-refractivity contribution in [3.05, 3.63) is 59.2 Å². The molecule has 2 heterocycles. The van der Waals surface area contributed by atoms with Gasteiger partial charge in [0.1, 0.15) is 0 Å². The predicted octanol–water partition coefficient (Wildman–Crippen LogP) is 6.00. The molecule has 0 spiro atoms. The Bertz CT molecular complexity index is 1070. The van der Waals surface area contributed by atoms with Gasteiger partial charge in [-0.15, -0.1) is 0 Å². The average molecular weight is 387 g/mol. The van der Waals surface area contributed by atoms with E-state index in [0.29, 0.717) is 5.92 Å². The van der Waals surface area contributed by atoms with Gasteiger partial charge < -0.3 is 9.47 Å². The van der Waals surface area contributed by atoms with Crippen molar-refractivity contribution in [3.8, 4) is 11.3 Å². The Labute approximate surface area is 173 Å². The third-order valence-electron chi connectivity index (χ3n) is 6.94. The summed E-state index contributed by atoms with van der Waals surface area (Å²) in [5.41, 5.74) is 7.78. The molecule has 3 aromatic rings. The normalized spacial score (nSPS) is 18.1. The Morgan fingerprint density at radius 3 is 2.59 bits per heavy atom. The minimum Gasteiger partial charge on any atom is -0.339 e. The van der Waals surface area contributed by atoms with Gasteiger partial charge in [0.05, 0.1) is 5.69 Å². The first kappa shape index (κ1) is 18.6. The smallest absolute Gasteiger partial charge is 0.159 e. The summed E-state index contributed by atoms with van der Waals surface area (Å²) in [4.78, 5) is 14.5. The van der Waals surface area contributed by atoms with Crippen molar-refractivity contribution in [1.82, 2.24) is 9.47 Å². The highest BCUT2D eigenvalue weighted by Crippen LogP contribution is 2.45. The van der Waals surface area contributed by atoms with Crippen LogP contribution in [-0.4, -0.2) is 28.8 Å². The minimum absolute atomic E-state index is 0.144. The highest BCUT2D eigenvalue weighted by Gasteiger charge is 2.28. The number of rotatable bonds is 2. The molecule has 1 saturated carbocycles. The van der Waals surface area contributed by atoms with E-state index in [1.165, 1.54) is 65.4 Å². The zero-order valence-electron chi connectivity index (χ0n) is 17.6. The summed E-state index contributed by atoms with van der Waals surface area (Å²) in [6.45, 7) is 4.63. The first-order valence-electron chi connectivity index (χ1n) is 11.1. The number of aromatic nitrogens is 1. The lowest BCUT2D eigenvalue weighted by atomic mass is 9.81. The molecule has 1 aromatic heterocycles. The Hall–Kier alpha value is -2.39. The molecular weight excluding hydrogens is 356 g/mol. The van der Waals surface area contributed by atoms with Crippen molar-refractivity contribution < 1.29 is 4.79 Å². The number of hydrogen-bond donors (Lipinski definition) is 0. The zero-order valence-corrected chi connectivity index (χ0v) is 17.6. The second-order valence-corrected chi connectivity index (χ2v) is 8.93. The van der Waals surface area contributed by atoms with E-state index in [1.54, 1.807) is 6.92 Å². The van der Waals surface area contributed by atoms with E-state index < -0.39 is 0 Å². The Morgan fingerprint density at radius 2 is 1.79 bits per heavy atom. The molecule has 0 bridgehead atoms. The number of benzene rings is 2.